The molecule has 10 heteroatoms. The first-order valence-corrected chi connectivity index (χ1v) is 12.4. The Morgan fingerprint density at radius 1 is 0.895 bits per heavy atom. The van der Waals surface area contributed by atoms with Crippen molar-refractivity contribution < 1.29 is 28.3 Å². The van der Waals surface area contributed by atoms with Crippen molar-refractivity contribution in [3.63, 3.8) is 0 Å². The number of aryl methyl sites for hydroxylation is 2. The molecule has 1 N–H and O–H groups in total. The molecule has 1 amide bonds. The third-order valence-electron chi connectivity index (χ3n) is 5.52. The second kappa shape index (κ2) is 11.7. The Morgan fingerprint density at radius 2 is 1.58 bits per heavy atom. The van der Waals surface area contributed by atoms with Gasteiger partial charge in [0.1, 0.15) is 18.1 Å². The highest BCUT2D eigenvalue weighted by atomic mass is 16.5. The number of carbonyl (C=O) groups excluding carboxylic acids is 1. The maximum Gasteiger partial charge on any atom is 0.287 e. The fourth-order valence-corrected chi connectivity index (χ4v) is 3.86. The summed E-state index contributed by atoms with van der Waals surface area (Å²) in [7, 11) is 0. The molecule has 0 radical (unpaired) electrons. The van der Waals surface area contributed by atoms with E-state index in [0.29, 0.717) is 71.2 Å². The van der Waals surface area contributed by atoms with E-state index in [1.165, 1.54) is 6.07 Å². The molecule has 0 fully saturated rings. The van der Waals surface area contributed by atoms with Gasteiger partial charge in [-0.15, -0.1) is 4.57 Å². The molecule has 2 aromatic heterocycles. The van der Waals surface area contributed by atoms with Crippen LogP contribution in [-0.4, -0.2) is 35.3 Å². The SMILES string of the molecule is CCOc1cc(C(=O)Nc2ccc(C)c(OCc3cc(=O)n4oc(C)cc4n3)c2)cc(OCC)c1OCC. The highest BCUT2D eigenvalue weighted by Crippen LogP contribution is 2.39. The number of carbonyl (C=O) groups is 1. The summed E-state index contributed by atoms with van der Waals surface area (Å²) in [6.07, 6.45) is 0. The van der Waals surface area contributed by atoms with E-state index in [1.54, 1.807) is 37.3 Å². The van der Waals surface area contributed by atoms with Crippen LogP contribution in [0.15, 0.2) is 51.8 Å². The fourth-order valence-electron chi connectivity index (χ4n) is 3.86. The van der Waals surface area contributed by atoms with Crippen molar-refractivity contribution >= 4 is 17.2 Å². The van der Waals surface area contributed by atoms with Gasteiger partial charge in [-0.2, -0.15) is 0 Å². The van der Waals surface area contributed by atoms with E-state index in [9.17, 15) is 9.59 Å². The number of rotatable bonds is 11. The standard InChI is InChI=1S/C28H31N3O7/c1-6-34-23-12-19(13-24(35-7-2)27(23)36-8-3)28(33)30-20-10-9-17(4)22(14-20)37-16-21-15-26(32)31-25(29-21)11-18(5)38-31/h9-15H,6-8,16H2,1-5H3,(H,30,33). The van der Waals surface area contributed by atoms with E-state index in [4.69, 9.17) is 23.5 Å². The molecule has 38 heavy (non-hydrogen) atoms. The number of ether oxygens (including phenoxy) is 4. The zero-order valence-electron chi connectivity index (χ0n) is 22.1. The predicted octanol–water partition coefficient (Wildman–Crippen LogP) is 4.93. The lowest BCUT2D eigenvalue weighted by Gasteiger charge is -2.17. The summed E-state index contributed by atoms with van der Waals surface area (Å²) in [6, 6.07) is 11.7. The van der Waals surface area contributed by atoms with E-state index in [2.05, 4.69) is 10.3 Å². The molecule has 0 bridgehead atoms. The van der Waals surface area contributed by atoms with Crippen molar-refractivity contribution in [3.05, 3.63) is 75.4 Å². The Bertz CT molecular complexity index is 1480. The van der Waals surface area contributed by atoms with Crippen LogP contribution in [0.1, 0.15) is 48.1 Å². The number of nitrogens with one attached hydrogen (secondary N) is 1. The Balaban J connectivity index is 1.54. The highest BCUT2D eigenvalue weighted by Gasteiger charge is 2.19. The molecule has 4 rings (SSSR count). The van der Waals surface area contributed by atoms with Gasteiger partial charge < -0.3 is 28.8 Å². The molecule has 0 spiro atoms. The van der Waals surface area contributed by atoms with Crippen LogP contribution < -0.4 is 29.8 Å². The Morgan fingerprint density at radius 3 is 2.24 bits per heavy atom. The minimum absolute atomic E-state index is 0.0720. The van der Waals surface area contributed by atoms with E-state index in [1.807, 2.05) is 33.8 Å². The molecule has 4 aromatic rings. The molecule has 0 aliphatic rings. The van der Waals surface area contributed by atoms with Gasteiger partial charge in [0.25, 0.3) is 11.5 Å². The van der Waals surface area contributed by atoms with Crippen molar-refractivity contribution in [3.8, 4) is 23.0 Å². The third-order valence-corrected chi connectivity index (χ3v) is 5.52. The van der Waals surface area contributed by atoms with Crippen molar-refractivity contribution in [1.82, 2.24) is 9.56 Å². The molecule has 2 heterocycles. The summed E-state index contributed by atoms with van der Waals surface area (Å²) >= 11 is 0. The van der Waals surface area contributed by atoms with Gasteiger partial charge in [-0.1, -0.05) is 6.07 Å². The quantitative estimate of drug-likeness (QED) is 0.296. The van der Waals surface area contributed by atoms with Crippen LogP contribution in [0.3, 0.4) is 0 Å². The maximum absolute atomic E-state index is 13.2. The summed E-state index contributed by atoms with van der Waals surface area (Å²) < 4.78 is 29.6. The van der Waals surface area contributed by atoms with Gasteiger partial charge >= 0.3 is 0 Å². The van der Waals surface area contributed by atoms with Gasteiger partial charge in [0, 0.05) is 29.4 Å². The molecule has 0 atom stereocenters. The smallest absolute Gasteiger partial charge is 0.287 e. The number of fused-ring (bicyclic) bond motifs is 1. The summed E-state index contributed by atoms with van der Waals surface area (Å²) in [5.74, 6) is 2.13. The highest BCUT2D eigenvalue weighted by molar-refractivity contribution is 6.05. The van der Waals surface area contributed by atoms with Gasteiger partial charge in [-0.25, -0.2) is 4.98 Å². The summed E-state index contributed by atoms with van der Waals surface area (Å²) in [5.41, 5.74) is 2.31. The number of aromatic nitrogens is 2. The van der Waals surface area contributed by atoms with E-state index in [0.717, 1.165) is 10.1 Å². The Kier molecular flexibility index (Phi) is 8.20. The molecule has 10 nitrogen and oxygen atoms in total. The molecule has 0 aliphatic heterocycles. The molecule has 0 aliphatic carbocycles. The van der Waals surface area contributed by atoms with Crippen molar-refractivity contribution in [2.45, 2.75) is 41.2 Å². The molecule has 200 valence electrons. The number of hydrogen-bond acceptors (Lipinski definition) is 8. The van der Waals surface area contributed by atoms with Crippen LogP contribution in [0.2, 0.25) is 0 Å². The normalized spacial score (nSPS) is 10.9. The van der Waals surface area contributed by atoms with Gasteiger partial charge in [0.05, 0.1) is 25.5 Å². The zero-order valence-corrected chi connectivity index (χ0v) is 22.1. The first kappa shape index (κ1) is 26.6. The number of anilines is 1. The predicted molar refractivity (Wildman–Crippen MR) is 142 cm³/mol. The van der Waals surface area contributed by atoms with Gasteiger partial charge in [0.15, 0.2) is 17.1 Å². The Hall–Kier alpha value is -4.47. The van der Waals surface area contributed by atoms with Crippen LogP contribution in [0.5, 0.6) is 23.0 Å². The summed E-state index contributed by atoms with van der Waals surface area (Å²) in [4.78, 5) is 29.9. The van der Waals surface area contributed by atoms with E-state index >= 15 is 0 Å². The maximum atomic E-state index is 13.2. The molecule has 0 saturated heterocycles. The summed E-state index contributed by atoms with van der Waals surface area (Å²) in [6.45, 7) is 10.5. The summed E-state index contributed by atoms with van der Waals surface area (Å²) in [5, 5.41) is 2.90. The lowest BCUT2D eigenvalue weighted by atomic mass is 10.1. The van der Waals surface area contributed by atoms with Crippen molar-refractivity contribution in [2.24, 2.45) is 0 Å². The second-order valence-electron chi connectivity index (χ2n) is 8.41. The largest absolute Gasteiger partial charge is 0.490 e. The van der Waals surface area contributed by atoms with Gasteiger partial charge in [-0.3, -0.25) is 9.59 Å². The van der Waals surface area contributed by atoms with Crippen LogP contribution in [-0.2, 0) is 6.61 Å². The first-order chi connectivity index (χ1) is 18.3. The van der Waals surface area contributed by atoms with Crippen LogP contribution in [0.25, 0.3) is 5.65 Å². The molecular weight excluding hydrogens is 490 g/mol. The zero-order chi connectivity index (χ0) is 27.2. The average Bonchev–Trinajstić information content (AvgIpc) is 3.27. The number of amides is 1. The fraction of sp³-hybridized carbons (Fsp3) is 0.321. The minimum atomic E-state index is -0.347. The van der Waals surface area contributed by atoms with Crippen molar-refractivity contribution in [2.75, 3.05) is 25.1 Å². The second-order valence-corrected chi connectivity index (χ2v) is 8.41. The van der Waals surface area contributed by atoms with Crippen LogP contribution in [0, 0.1) is 13.8 Å². The molecular formula is C28H31N3O7. The van der Waals surface area contributed by atoms with Gasteiger partial charge in [-0.05, 0) is 58.4 Å². The third kappa shape index (κ3) is 5.91. The topological polar surface area (TPSA) is 114 Å². The van der Waals surface area contributed by atoms with E-state index < -0.39 is 0 Å². The molecule has 0 saturated carbocycles. The van der Waals surface area contributed by atoms with Crippen molar-refractivity contribution in [1.29, 1.82) is 0 Å². The van der Waals surface area contributed by atoms with Crippen LogP contribution in [0.4, 0.5) is 5.69 Å². The monoisotopic (exact) mass is 521 g/mol. The average molecular weight is 522 g/mol. The molecule has 0 unspecified atom stereocenters. The lowest BCUT2D eigenvalue weighted by Crippen LogP contribution is -2.15. The molecule has 2 aromatic carbocycles. The first-order valence-electron chi connectivity index (χ1n) is 12.4. The minimum Gasteiger partial charge on any atom is -0.490 e. The van der Waals surface area contributed by atoms with Gasteiger partial charge in [0.2, 0.25) is 5.75 Å². The van der Waals surface area contributed by atoms with Crippen LogP contribution >= 0.6 is 0 Å². The lowest BCUT2D eigenvalue weighted by molar-refractivity contribution is 0.102. The number of benzene rings is 2. The number of hydrogen-bond donors (Lipinski definition) is 1. The Labute approximate surface area is 220 Å². The number of nitrogens with zero attached hydrogens (tertiary/aromatic N) is 2. The van der Waals surface area contributed by atoms with E-state index in [-0.39, 0.29) is 18.1 Å².